The fourth-order valence-corrected chi connectivity index (χ4v) is 1.47. The SMILES string of the molecule is C[C@@H](C(=O)O)c1ccc2c(c1)OCCO2. The maximum absolute atomic E-state index is 10.8. The number of aliphatic carboxylic acids is 1. The van der Waals surface area contributed by atoms with Crippen molar-refractivity contribution in [1.29, 1.82) is 0 Å². The maximum Gasteiger partial charge on any atom is 0.310 e. The normalized spacial score (nSPS) is 15.8. The van der Waals surface area contributed by atoms with E-state index in [2.05, 4.69) is 0 Å². The molecule has 1 aromatic carbocycles. The standard InChI is InChI=1S/C11H12O4/c1-7(11(12)13)8-2-3-9-10(6-8)15-5-4-14-9/h2-3,6-7H,4-5H2,1H3,(H,12,13)/t7-/m1/s1. The molecule has 1 aliphatic heterocycles. The summed E-state index contributed by atoms with van der Waals surface area (Å²) in [6.07, 6.45) is 0. The van der Waals surface area contributed by atoms with Gasteiger partial charge >= 0.3 is 5.97 Å². The van der Waals surface area contributed by atoms with Crippen LogP contribution in [0.2, 0.25) is 0 Å². The molecule has 1 aliphatic rings. The van der Waals surface area contributed by atoms with Crippen LogP contribution >= 0.6 is 0 Å². The molecule has 0 saturated heterocycles. The number of carboxylic acids is 1. The number of carboxylic acid groups (broad SMARTS) is 1. The van der Waals surface area contributed by atoms with Gasteiger partial charge in [0.1, 0.15) is 13.2 Å². The fourth-order valence-electron chi connectivity index (χ4n) is 1.47. The van der Waals surface area contributed by atoms with E-state index in [0.29, 0.717) is 24.7 Å². The molecule has 0 bridgehead atoms. The Hall–Kier alpha value is -1.71. The van der Waals surface area contributed by atoms with Crippen molar-refractivity contribution in [3.05, 3.63) is 23.8 Å². The average molecular weight is 208 g/mol. The highest BCUT2D eigenvalue weighted by Gasteiger charge is 2.18. The van der Waals surface area contributed by atoms with Gasteiger partial charge in [0.2, 0.25) is 0 Å². The van der Waals surface area contributed by atoms with Crippen LogP contribution in [0.5, 0.6) is 11.5 Å². The highest BCUT2D eigenvalue weighted by Crippen LogP contribution is 2.32. The summed E-state index contributed by atoms with van der Waals surface area (Å²) >= 11 is 0. The lowest BCUT2D eigenvalue weighted by molar-refractivity contribution is -0.138. The van der Waals surface area contributed by atoms with Gasteiger partial charge in [0.05, 0.1) is 5.92 Å². The molecule has 4 nitrogen and oxygen atoms in total. The number of hydrogen-bond acceptors (Lipinski definition) is 3. The van der Waals surface area contributed by atoms with Gasteiger partial charge in [-0.1, -0.05) is 6.07 Å². The zero-order chi connectivity index (χ0) is 10.8. The molecule has 80 valence electrons. The molecule has 4 heteroatoms. The number of carbonyl (C=O) groups is 1. The Morgan fingerprint density at radius 2 is 2.00 bits per heavy atom. The maximum atomic E-state index is 10.8. The van der Waals surface area contributed by atoms with Crippen LogP contribution in [0.1, 0.15) is 18.4 Å². The molecule has 1 aromatic rings. The summed E-state index contributed by atoms with van der Waals surface area (Å²) < 4.78 is 10.7. The van der Waals surface area contributed by atoms with Gasteiger partial charge in [0.25, 0.3) is 0 Å². The number of ether oxygens (including phenoxy) is 2. The van der Waals surface area contributed by atoms with E-state index in [-0.39, 0.29) is 0 Å². The molecule has 0 aliphatic carbocycles. The molecular formula is C11H12O4. The van der Waals surface area contributed by atoms with Crippen LogP contribution in [-0.4, -0.2) is 24.3 Å². The lowest BCUT2D eigenvalue weighted by atomic mass is 10.0. The molecule has 0 amide bonds. The predicted octanol–water partition coefficient (Wildman–Crippen LogP) is 1.65. The van der Waals surface area contributed by atoms with Crippen molar-refractivity contribution in [2.75, 3.05) is 13.2 Å². The summed E-state index contributed by atoms with van der Waals surface area (Å²) in [5.41, 5.74) is 0.728. The minimum absolute atomic E-state index is 0.512. The molecular weight excluding hydrogens is 196 g/mol. The van der Waals surface area contributed by atoms with Gasteiger partial charge in [-0.25, -0.2) is 0 Å². The zero-order valence-corrected chi connectivity index (χ0v) is 8.40. The lowest BCUT2D eigenvalue weighted by Crippen LogP contribution is -2.16. The second kappa shape index (κ2) is 3.81. The van der Waals surface area contributed by atoms with Crippen LogP contribution in [0.15, 0.2) is 18.2 Å². The monoisotopic (exact) mass is 208 g/mol. The molecule has 15 heavy (non-hydrogen) atoms. The van der Waals surface area contributed by atoms with Gasteiger partial charge in [-0.05, 0) is 24.6 Å². The van der Waals surface area contributed by atoms with E-state index in [1.54, 1.807) is 25.1 Å². The Labute approximate surface area is 87.4 Å². The molecule has 1 heterocycles. The summed E-state index contributed by atoms with van der Waals surface area (Å²) in [5, 5.41) is 8.87. The van der Waals surface area contributed by atoms with Crippen LogP contribution in [-0.2, 0) is 4.79 Å². The van der Waals surface area contributed by atoms with Crippen LogP contribution in [0.4, 0.5) is 0 Å². The molecule has 0 radical (unpaired) electrons. The quantitative estimate of drug-likeness (QED) is 0.802. The Morgan fingerprint density at radius 1 is 1.33 bits per heavy atom. The van der Waals surface area contributed by atoms with Gasteiger partial charge in [-0.2, -0.15) is 0 Å². The zero-order valence-electron chi connectivity index (χ0n) is 8.40. The van der Waals surface area contributed by atoms with E-state index < -0.39 is 11.9 Å². The molecule has 0 aromatic heterocycles. The van der Waals surface area contributed by atoms with E-state index in [9.17, 15) is 4.79 Å². The van der Waals surface area contributed by atoms with E-state index in [0.717, 1.165) is 5.56 Å². The van der Waals surface area contributed by atoms with Crippen molar-refractivity contribution in [3.8, 4) is 11.5 Å². The van der Waals surface area contributed by atoms with Crippen LogP contribution in [0, 0.1) is 0 Å². The Kier molecular flexibility index (Phi) is 2.49. The Bertz CT molecular complexity index is 386. The van der Waals surface area contributed by atoms with Crippen LogP contribution in [0.3, 0.4) is 0 Å². The highest BCUT2D eigenvalue weighted by atomic mass is 16.6. The first-order chi connectivity index (χ1) is 7.18. The van der Waals surface area contributed by atoms with Gasteiger partial charge in [-0.15, -0.1) is 0 Å². The van der Waals surface area contributed by atoms with Crippen LogP contribution in [0.25, 0.3) is 0 Å². The highest BCUT2D eigenvalue weighted by molar-refractivity contribution is 5.75. The molecule has 2 rings (SSSR count). The number of rotatable bonds is 2. The Balaban J connectivity index is 2.31. The first-order valence-corrected chi connectivity index (χ1v) is 4.81. The minimum Gasteiger partial charge on any atom is -0.486 e. The summed E-state index contributed by atoms with van der Waals surface area (Å²) in [4.78, 5) is 10.8. The lowest BCUT2D eigenvalue weighted by Gasteiger charge is -2.19. The van der Waals surface area contributed by atoms with Crippen molar-refractivity contribution in [2.24, 2.45) is 0 Å². The number of fused-ring (bicyclic) bond motifs is 1. The van der Waals surface area contributed by atoms with Gasteiger partial charge < -0.3 is 14.6 Å². The van der Waals surface area contributed by atoms with E-state index in [4.69, 9.17) is 14.6 Å². The topological polar surface area (TPSA) is 55.8 Å². The predicted molar refractivity (Wildman–Crippen MR) is 53.5 cm³/mol. The van der Waals surface area contributed by atoms with Gasteiger partial charge in [0, 0.05) is 0 Å². The Morgan fingerprint density at radius 3 is 2.67 bits per heavy atom. The van der Waals surface area contributed by atoms with Gasteiger partial charge in [0.15, 0.2) is 11.5 Å². The van der Waals surface area contributed by atoms with E-state index in [1.807, 2.05) is 0 Å². The second-order valence-electron chi connectivity index (χ2n) is 3.46. The largest absolute Gasteiger partial charge is 0.486 e. The number of hydrogen-bond donors (Lipinski definition) is 1. The van der Waals surface area contributed by atoms with Crippen molar-refractivity contribution in [1.82, 2.24) is 0 Å². The molecule has 0 fully saturated rings. The minimum atomic E-state index is -0.841. The van der Waals surface area contributed by atoms with Crippen molar-refractivity contribution < 1.29 is 19.4 Å². The summed E-state index contributed by atoms with van der Waals surface area (Å²) in [5.74, 6) is -0.0538. The third-order valence-electron chi connectivity index (χ3n) is 2.44. The summed E-state index contributed by atoms with van der Waals surface area (Å²) in [6.45, 7) is 2.70. The third kappa shape index (κ3) is 1.88. The van der Waals surface area contributed by atoms with Gasteiger partial charge in [-0.3, -0.25) is 4.79 Å². The summed E-state index contributed by atoms with van der Waals surface area (Å²) in [7, 11) is 0. The average Bonchev–Trinajstić information content (AvgIpc) is 2.27. The first-order valence-electron chi connectivity index (χ1n) is 4.81. The van der Waals surface area contributed by atoms with E-state index >= 15 is 0 Å². The van der Waals surface area contributed by atoms with Crippen LogP contribution < -0.4 is 9.47 Å². The molecule has 1 atom stereocenters. The van der Waals surface area contributed by atoms with E-state index in [1.165, 1.54) is 0 Å². The molecule has 0 spiro atoms. The smallest absolute Gasteiger partial charge is 0.310 e. The molecule has 1 N–H and O–H groups in total. The van der Waals surface area contributed by atoms with Crippen molar-refractivity contribution >= 4 is 5.97 Å². The van der Waals surface area contributed by atoms with Crippen molar-refractivity contribution in [2.45, 2.75) is 12.8 Å². The van der Waals surface area contributed by atoms with Crippen molar-refractivity contribution in [3.63, 3.8) is 0 Å². The third-order valence-corrected chi connectivity index (χ3v) is 2.44. The summed E-state index contributed by atoms with van der Waals surface area (Å²) in [6, 6.07) is 5.24. The molecule has 0 saturated carbocycles. The first kappa shape index (κ1) is 9.83. The second-order valence-corrected chi connectivity index (χ2v) is 3.46. The number of benzene rings is 1. The molecule has 0 unspecified atom stereocenters. The fraction of sp³-hybridized carbons (Fsp3) is 0.364.